The summed E-state index contributed by atoms with van der Waals surface area (Å²) in [4.78, 5) is 45.8. The molecule has 0 spiro atoms. The van der Waals surface area contributed by atoms with Crippen LogP contribution in [0.25, 0.3) is 10.2 Å². The third-order valence-electron chi connectivity index (χ3n) is 4.36. The summed E-state index contributed by atoms with van der Waals surface area (Å²) in [5.74, 6) is -0.848. The molecule has 0 radical (unpaired) electrons. The fourth-order valence-corrected chi connectivity index (χ4v) is 3.92. The molecule has 0 saturated carbocycles. The Balaban J connectivity index is 0.00000261. The number of likely N-dealkylation sites (tertiary alicyclic amines) is 1. The van der Waals surface area contributed by atoms with Crippen molar-refractivity contribution in [2.75, 3.05) is 38.6 Å². The minimum atomic E-state index is -0.285. The number of likely N-dealkylation sites (N-methyl/N-ethyl adjacent to an activating group) is 1. The molecule has 146 valence electrons. The van der Waals surface area contributed by atoms with E-state index in [1.54, 1.807) is 4.90 Å². The predicted molar refractivity (Wildman–Crippen MR) is 108 cm³/mol. The highest BCUT2D eigenvalue weighted by Crippen LogP contribution is 2.30. The summed E-state index contributed by atoms with van der Waals surface area (Å²) in [5.41, 5.74) is 1.93. The van der Waals surface area contributed by atoms with Gasteiger partial charge in [0.2, 0.25) is 17.7 Å². The topological polar surface area (TPSA) is 73.8 Å². The first kappa shape index (κ1) is 21.3. The lowest BCUT2D eigenvalue weighted by Gasteiger charge is -2.24. The summed E-state index contributed by atoms with van der Waals surface area (Å²) in [6, 6.07) is 5.93. The van der Waals surface area contributed by atoms with E-state index in [4.69, 9.17) is 0 Å². The maximum atomic E-state index is 12.9. The van der Waals surface area contributed by atoms with E-state index in [0.717, 1.165) is 20.7 Å². The van der Waals surface area contributed by atoms with Crippen molar-refractivity contribution in [1.82, 2.24) is 14.8 Å². The first-order valence-corrected chi connectivity index (χ1v) is 9.33. The highest BCUT2D eigenvalue weighted by molar-refractivity contribution is 7.22. The number of rotatable bonds is 6. The number of para-hydroxylation sites is 1. The van der Waals surface area contributed by atoms with Gasteiger partial charge >= 0.3 is 0 Å². The standard InChI is InChI=1S/C18H22N4O3S.ClH/c1-12-5-4-6-13-17(12)19-18(26-13)21(10-9-20(2)3)16(25)11-22-14(23)7-8-15(22)24;/h4-6H,7-11H2,1-3H3;1H. The lowest BCUT2D eigenvalue weighted by molar-refractivity contribution is -0.141. The van der Waals surface area contributed by atoms with Crippen LogP contribution in [0.5, 0.6) is 0 Å². The Morgan fingerprint density at radius 2 is 1.85 bits per heavy atom. The van der Waals surface area contributed by atoms with Crippen LogP contribution in [0.1, 0.15) is 18.4 Å². The molecule has 0 atom stereocenters. The number of thiazole rings is 1. The predicted octanol–water partition coefficient (Wildman–Crippen LogP) is 2.07. The zero-order valence-corrected chi connectivity index (χ0v) is 17.2. The van der Waals surface area contributed by atoms with Gasteiger partial charge in [-0.05, 0) is 32.6 Å². The summed E-state index contributed by atoms with van der Waals surface area (Å²) >= 11 is 1.45. The van der Waals surface area contributed by atoms with Crippen LogP contribution in [-0.2, 0) is 14.4 Å². The molecule has 1 aliphatic heterocycles. The zero-order valence-electron chi connectivity index (χ0n) is 15.6. The molecule has 1 aromatic carbocycles. The number of fused-ring (bicyclic) bond motifs is 1. The minimum Gasteiger partial charge on any atom is -0.308 e. The Morgan fingerprint density at radius 1 is 1.19 bits per heavy atom. The molecular weight excluding hydrogens is 388 g/mol. The molecule has 3 rings (SSSR count). The summed E-state index contributed by atoms with van der Waals surface area (Å²) in [5, 5.41) is 0.597. The number of hydrogen-bond acceptors (Lipinski definition) is 6. The van der Waals surface area contributed by atoms with Crippen LogP contribution in [0.15, 0.2) is 18.2 Å². The van der Waals surface area contributed by atoms with Gasteiger partial charge in [-0.2, -0.15) is 0 Å². The van der Waals surface area contributed by atoms with E-state index < -0.39 is 0 Å². The van der Waals surface area contributed by atoms with Crippen LogP contribution in [0, 0.1) is 6.92 Å². The molecule has 1 fully saturated rings. The molecule has 9 heteroatoms. The molecule has 1 aromatic heterocycles. The minimum absolute atomic E-state index is 0. The van der Waals surface area contributed by atoms with Crippen molar-refractivity contribution < 1.29 is 14.4 Å². The third kappa shape index (κ3) is 4.63. The van der Waals surface area contributed by atoms with E-state index in [1.165, 1.54) is 11.3 Å². The van der Waals surface area contributed by atoms with Crippen molar-refractivity contribution in [2.24, 2.45) is 0 Å². The number of aromatic nitrogens is 1. The Labute approximate surface area is 168 Å². The fourth-order valence-electron chi connectivity index (χ4n) is 2.84. The monoisotopic (exact) mass is 410 g/mol. The average Bonchev–Trinajstić information content (AvgIpc) is 3.14. The Hall–Kier alpha value is -2.03. The molecule has 3 amide bonds. The number of carbonyl (C=O) groups is 3. The van der Waals surface area contributed by atoms with Gasteiger partial charge < -0.3 is 4.90 Å². The average molecular weight is 411 g/mol. The van der Waals surface area contributed by atoms with Crippen molar-refractivity contribution in [1.29, 1.82) is 0 Å². The molecule has 0 N–H and O–H groups in total. The zero-order chi connectivity index (χ0) is 18.8. The Morgan fingerprint density at radius 3 is 2.44 bits per heavy atom. The van der Waals surface area contributed by atoms with Gasteiger partial charge in [0, 0.05) is 25.9 Å². The molecule has 2 heterocycles. The number of anilines is 1. The third-order valence-corrected chi connectivity index (χ3v) is 5.40. The summed E-state index contributed by atoms with van der Waals surface area (Å²) in [6.45, 7) is 2.86. The number of carbonyl (C=O) groups excluding carboxylic acids is 3. The van der Waals surface area contributed by atoms with Crippen molar-refractivity contribution in [3.63, 3.8) is 0 Å². The van der Waals surface area contributed by atoms with Gasteiger partial charge in [-0.25, -0.2) is 4.98 Å². The number of nitrogens with zero attached hydrogens (tertiary/aromatic N) is 4. The van der Waals surface area contributed by atoms with Crippen molar-refractivity contribution in [2.45, 2.75) is 19.8 Å². The molecular formula is C18H23ClN4O3S. The smallest absolute Gasteiger partial charge is 0.248 e. The first-order chi connectivity index (χ1) is 12.4. The molecule has 2 aromatic rings. The van der Waals surface area contributed by atoms with E-state index in [0.29, 0.717) is 18.2 Å². The van der Waals surface area contributed by atoms with Gasteiger partial charge in [0.1, 0.15) is 6.54 Å². The molecule has 27 heavy (non-hydrogen) atoms. The summed E-state index contributed by atoms with van der Waals surface area (Å²) in [7, 11) is 3.86. The molecule has 0 aliphatic carbocycles. The fraction of sp³-hybridized carbons (Fsp3) is 0.444. The Kier molecular flexibility index (Phi) is 6.91. The normalized spacial score (nSPS) is 14.1. The van der Waals surface area contributed by atoms with Crippen LogP contribution in [-0.4, -0.2) is 66.2 Å². The molecule has 0 bridgehead atoms. The van der Waals surface area contributed by atoms with Gasteiger partial charge in [0.05, 0.1) is 10.2 Å². The lowest BCUT2D eigenvalue weighted by Crippen LogP contribution is -2.44. The van der Waals surface area contributed by atoms with Crippen LogP contribution >= 0.6 is 23.7 Å². The maximum Gasteiger partial charge on any atom is 0.248 e. The van der Waals surface area contributed by atoms with Crippen LogP contribution in [0.2, 0.25) is 0 Å². The van der Waals surface area contributed by atoms with Crippen LogP contribution < -0.4 is 4.90 Å². The van der Waals surface area contributed by atoms with Gasteiger partial charge in [-0.15, -0.1) is 12.4 Å². The highest BCUT2D eigenvalue weighted by atomic mass is 35.5. The number of aryl methyl sites for hydroxylation is 1. The van der Waals surface area contributed by atoms with Gasteiger partial charge in [-0.3, -0.25) is 24.2 Å². The van der Waals surface area contributed by atoms with E-state index in [2.05, 4.69) is 4.98 Å². The lowest BCUT2D eigenvalue weighted by atomic mass is 10.2. The Bertz CT molecular complexity index is 851. The number of amides is 3. The van der Waals surface area contributed by atoms with E-state index in [-0.39, 0.29) is 49.5 Å². The second kappa shape index (κ2) is 8.77. The summed E-state index contributed by atoms with van der Waals surface area (Å²) < 4.78 is 1.01. The van der Waals surface area contributed by atoms with E-state index >= 15 is 0 Å². The number of imide groups is 1. The first-order valence-electron chi connectivity index (χ1n) is 8.51. The number of benzene rings is 1. The van der Waals surface area contributed by atoms with Gasteiger partial charge in [0.15, 0.2) is 5.13 Å². The van der Waals surface area contributed by atoms with Crippen LogP contribution in [0.4, 0.5) is 5.13 Å². The van der Waals surface area contributed by atoms with Crippen molar-refractivity contribution in [3.05, 3.63) is 23.8 Å². The van der Waals surface area contributed by atoms with Gasteiger partial charge in [-0.1, -0.05) is 23.5 Å². The van der Waals surface area contributed by atoms with Gasteiger partial charge in [0.25, 0.3) is 0 Å². The number of hydrogen-bond donors (Lipinski definition) is 0. The van der Waals surface area contributed by atoms with E-state index in [9.17, 15) is 14.4 Å². The largest absolute Gasteiger partial charge is 0.308 e. The maximum absolute atomic E-state index is 12.9. The molecule has 1 aliphatic rings. The molecule has 7 nitrogen and oxygen atoms in total. The van der Waals surface area contributed by atoms with Crippen molar-refractivity contribution in [3.8, 4) is 0 Å². The van der Waals surface area contributed by atoms with E-state index in [1.807, 2.05) is 44.1 Å². The molecule has 0 unspecified atom stereocenters. The SMILES string of the molecule is Cc1cccc2sc(N(CCN(C)C)C(=O)CN3C(=O)CCC3=O)nc12.Cl. The number of halogens is 1. The second-order valence-electron chi connectivity index (χ2n) is 6.64. The van der Waals surface area contributed by atoms with Crippen LogP contribution in [0.3, 0.4) is 0 Å². The van der Waals surface area contributed by atoms with Crippen molar-refractivity contribution >= 4 is 56.8 Å². The second-order valence-corrected chi connectivity index (χ2v) is 7.65. The quantitative estimate of drug-likeness (QED) is 0.681. The highest BCUT2D eigenvalue weighted by Gasteiger charge is 2.32. The molecule has 1 saturated heterocycles. The summed E-state index contributed by atoms with van der Waals surface area (Å²) in [6.07, 6.45) is 0.369.